The molecule has 1 aromatic carbocycles. The van der Waals surface area contributed by atoms with Crippen LogP contribution >= 0.6 is 0 Å². The lowest BCUT2D eigenvalue weighted by Crippen LogP contribution is -2.67. The van der Waals surface area contributed by atoms with Crippen molar-refractivity contribution >= 4 is 0 Å². The van der Waals surface area contributed by atoms with Gasteiger partial charge in [0.1, 0.15) is 12.3 Å². The Hall–Kier alpha value is -1.06. The first-order valence-corrected chi connectivity index (χ1v) is 7.70. The second kappa shape index (κ2) is 8.70. The van der Waals surface area contributed by atoms with Gasteiger partial charge in [0.05, 0.1) is 31.4 Å². The molecule has 1 saturated heterocycles. The fourth-order valence-electron chi connectivity index (χ4n) is 2.63. The van der Waals surface area contributed by atoms with E-state index in [-0.39, 0.29) is 6.61 Å². The van der Waals surface area contributed by atoms with Gasteiger partial charge in [-0.05, 0) is 12.5 Å². The average Bonchev–Trinajstić information content (AvgIpc) is 2.54. The molecule has 0 spiro atoms. The van der Waals surface area contributed by atoms with Crippen molar-refractivity contribution < 1.29 is 24.4 Å². The molecule has 1 aliphatic rings. The highest BCUT2D eigenvalue weighted by molar-refractivity contribution is 5.13. The number of benzene rings is 1. The number of rotatable bonds is 7. The Kier molecular flexibility index (Phi) is 6.91. The molecule has 1 fully saturated rings. The molecule has 2 rings (SSSR count). The number of ether oxygens (including phenoxy) is 3. The Morgan fingerprint density at radius 2 is 2.04 bits per heavy atom. The van der Waals surface area contributed by atoms with Crippen molar-refractivity contribution in [1.82, 2.24) is 5.32 Å². The van der Waals surface area contributed by atoms with Crippen LogP contribution in [0.3, 0.4) is 0 Å². The van der Waals surface area contributed by atoms with Crippen LogP contribution in [0.4, 0.5) is 0 Å². The summed E-state index contributed by atoms with van der Waals surface area (Å²) in [6.45, 7) is 2.14. The molecule has 1 heterocycles. The Bertz CT molecular complexity index is 459. The van der Waals surface area contributed by atoms with E-state index in [0.29, 0.717) is 6.61 Å². The van der Waals surface area contributed by atoms with Crippen LogP contribution < -0.4 is 11.1 Å². The third kappa shape index (κ3) is 4.95. The SMILES string of the molecule is COCC1OC(OCc2ccccc2)C(NC(C)O)C(O)C1N. The van der Waals surface area contributed by atoms with Gasteiger partial charge in [-0.1, -0.05) is 30.3 Å². The highest BCUT2D eigenvalue weighted by atomic mass is 16.7. The number of nitrogens with one attached hydrogen (secondary N) is 1. The van der Waals surface area contributed by atoms with Crippen LogP contribution in [0.5, 0.6) is 0 Å². The first-order chi connectivity index (χ1) is 11.0. The predicted octanol–water partition coefficient (Wildman–Crippen LogP) is -0.441. The maximum absolute atomic E-state index is 10.4. The fourth-order valence-corrected chi connectivity index (χ4v) is 2.63. The molecule has 0 radical (unpaired) electrons. The van der Waals surface area contributed by atoms with E-state index < -0.39 is 36.8 Å². The van der Waals surface area contributed by atoms with Crippen LogP contribution in [0.2, 0.25) is 0 Å². The Morgan fingerprint density at radius 3 is 2.65 bits per heavy atom. The van der Waals surface area contributed by atoms with E-state index in [1.54, 1.807) is 14.0 Å². The first kappa shape index (κ1) is 18.3. The van der Waals surface area contributed by atoms with Crippen LogP contribution in [0.25, 0.3) is 0 Å². The van der Waals surface area contributed by atoms with Crippen molar-refractivity contribution in [3.05, 3.63) is 35.9 Å². The molecule has 7 nitrogen and oxygen atoms in total. The van der Waals surface area contributed by atoms with E-state index in [1.165, 1.54) is 0 Å². The number of hydrogen-bond donors (Lipinski definition) is 4. The summed E-state index contributed by atoms with van der Waals surface area (Å²) in [5.74, 6) is 0. The van der Waals surface area contributed by atoms with Gasteiger partial charge in [0.2, 0.25) is 0 Å². The van der Waals surface area contributed by atoms with Crippen LogP contribution in [-0.2, 0) is 20.8 Å². The van der Waals surface area contributed by atoms with Crippen molar-refractivity contribution in [2.24, 2.45) is 5.73 Å². The minimum atomic E-state index is -0.931. The second-order valence-corrected chi connectivity index (χ2v) is 5.73. The maximum atomic E-state index is 10.4. The van der Waals surface area contributed by atoms with Gasteiger partial charge in [-0.15, -0.1) is 0 Å². The van der Waals surface area contributed by atoms with Crippen molar-refractivity contribution in [2.45, 2.75) is 50.3 Å². The molecule has 0 saturated carbocycles. The largest absolute Gasteiger partial charge is 0.390 e. The smallest absolute Gasteiger partial charge is 0.176 e. The molecular weight excluding hydrogens is 300 g/mol. The zero-order chi connectivity index (χ0) is 16.8. The van der Waals surface area contributed by atoms with Crippen LogP contribution in [0.1, 0.15) is 12.5 Å². The summed E-state index contributed by atoms with van der Waals surface area (Å²) in [5, 5.41) is 22.9. The van der Waals surface area contributed by atoms with Gasteiger partial charge in [0.15, 0.2) is 6.29 Å². The Labute approximate surface area is 136 Å². The lowest BCUT2D eigenvalue weighted by molar-refractivity contribution is -0.252. The molecule has 1 aromatic rings. The van der Waals surface area contributed by atoms with E-state index in [4.69, 9.17) is 19.9 Å². The van der Waals surface area contributed by atoms with Crippen LogP contribution in [0, 0.1) is 0 Å². The van der Waals surface area contributed by atoms with Gasteiger partial charge in [-0.25, -0.2) is 0 Å². The van der Waals surface area contributed by atoms with E-state index in [9.17, 15) is 10.2 Å². The lowest BCUT2D eigenvalue weighted by atomic mass is 9.95. The summed E-state index contributed by atoms with van der Waals surface area (Å²) in [6, 6.07) is 8.37. The molecule has 0 bridgehead atoms. The minimum absolute atomic E-state index is 0.255. The molecule has 0 aliphatic carbocycles. The summed E-state index contributed by atoms with van der Waals surface area (Å²) in [4.78, 5) is 0. The van der Waals surface area contributed by atoms with Crippen LogP contribution in [0.15, 0.2) is 30.3 Å². The number of hydrogen-bond acceptors (Lipinski definition) is 7. The summed E-state index contributed by atoms with van der Waals surface area (Å²) in [5.41, 5.74) is 7.00. The molecule has 0 aromatic heterocycles. The molecule has 6 unspecified atom stereocenters. The monoisotopic (exact) mass is 326 g/mol. The highest BCUT2D eigenvalue weighted by Crippen LogP contribution is 2.22. The first-order valence-electron chi connectivity index (χ1n) is 7.70. The fraction of sp³-hybridized carbons (Fsp3) is 0.625. The molecule has 23 heavy (non-hydrogen) atoms. The quantitative estimate of drug-likeness (QED) is 0.503. The highest BCUT2D eigenvalue weighted by Gasteiger charge is 2.44. The van der Waals surface area contributed by atoms with E-state index >= 15 is 0 Å². The zero-order valence-electron chi connectivity index (χ0n) is 13.5. The lowest BCUT2D eigenvalue weighted by Gasteiger charge is -2.43. The molecule has 7 heteroatoms. The van der Waals surface area contributed by atoms with Crippen LogP contribution in [-0.4, -0.2) is 60.7 Å². The topological polar surface area (TPSA) is 106 Å². The Balaban J connectivity index is 2.06. The molecule has 1 aliphatic heterocycles. The second-order valence-electron chi connectivity index (χ2n) is 5.73. The molecule has 6 atom stereocenters. The average molecular weight is 326 g/mol. The van der Waals surface area contributed by atoms with Gasteiger partial charge in [-0.3, -0.25) is 5.32 Å². The van der Waals surface area contributed by atoms with Gasteiger partial charge in [-0.2, -0.15) is 0 Å². The third-order valence-electron chi connectivity index (χ3n) is 3.82. The van der Waals surface area contributed by atoms with E-state index in [2.05, 4.69) is 5.32 Å². The third-order valence-corrected chi connectivity index (χ3v) is 3.82. The maximum Gasteiger partial charge on any atom is 0.176 e. The van der Waals surface area contributed by atoms with Crippen molar-refractivity contribution in [2.75, 3.05) is 13.7 Å². The molecule has 0 amide bonds. The van der Waals surface area contributed by atoms with Crippen molar-refractivity contribution in [1.29, 1.82) is 0 Å². The van der Waals surface area contributed by atoms with Gasteiger partial charge in [0, 0.05) is 7.11 Å². The molecule has 5 N–H and O–H groups in total. The van der Waals surface area contributed by atoms with E-state index in [0.717, 1.165) is 5.56 Å². The van der Waals surface area contributed by atoms with Gasteiger partial charge in [0.25, 0.3) is 0 Å². The number of methoxy groups -OCH3 is 1. The van der Waals surface area contributed by atoms with Crippen molar-refractivity contribution in [3.8, 4) is 0 Å². The number of aliphatic hydroxyl groups is 2. The summed E-state index contributed by atoms with van der Waals surface area (Å²) in [6.07, 6.45) is -2.99. The number of aliphatic hydroxyl groups excluding tert-OH is 2. The van der Waals surface area contributed by atoms with Gasteiger partial charge >= 0.3 is 0 Å². The summed E-state index contributed by atoms with van der Waals surface area (Å²) in [7, 11) is 1.54. The minimum Gasteiger partial charge on any atom is -0.390 e. The normalized spacial score (nSPS) is 32.7. The standard InChI is InChI=1S/C16H26N2O5/c1-10(19)18-14-15(20)13(17)12(9-21-2)23-16(14)22-8-11-6-4-3-5-7-11/h3-7,10,12-16,18-20H,8-9,17H2,1-2H3. The van der Waals surface area contributed by atoms with Crippen molar-refractivity contribution in [3.63, 3.8) is 0 Å². The Morgan fingerprint density at radius 1 is 1.35 bits per heavy atom. The molecular formula is C16H26N2O5. The zero-order valence-corrected chi connectivity index (χ0v) is 13.5. The number of nitrogens with two attached hydrogens (primary N) is 1. The molecule has 130 valence electrons. The predicted molar refractivity (Wildman–Crippen MR) is 84.4 cm³/mol. The summed E-state index contributed by atoms with van der Waals surface area (Å²) >= 11 is 0. The van der Waals surface area contributed by atoms with Gasteiger partial charge < -0.3 is 30.2 Å². The summed E-state index contributed by atoms with van der Waals surface area (Å²) < 4.78 is 16.7. The van der Waals surface area contributed by atoms with E-state index in [1.807, 2.05) is 30.3 Å².